The lowest BCUT2D eigenvalue weighted by atomic mass is 10.2. The third-order valence-corrected chi connectivity index (χ3v) is 3.81. The van der Waals surface area contributed by atoms with Gasteiger partial charge in [0.15, 0.2) is 0 Å². The maximum absolute atomic E-state index is 11.8. The number of ether oxygens (including phenoxy) is 1. The van der Waals surface area contributed by atoms with Crippen LogP contribution in [0.2, 0.25) is 0 Å². The van der Waals surface area contributed by atoms with Gasteiger partial charge in [-0.1, -0.05) is 6.08 Å². The van der Waals surface area contributed by atoms with Crippen molar-refractivity contribution in [3.05, 3.63) is 36.4 Å². The van der Waals surface area contributed by atoms with Crippen LogP contribution < -0.4 is 9.46 Å². The van der Waals surface area contributed by atoms with Gasteiger partial charge in [0.2, 0.25) is 10.0 Å². The molecule has 86 valence electrons. The molecule has 0 unspecified atom stereocenters. The molecule has 0 atom stereocenters. The third-order valence-electron chi connectivity index (χ3n) is 2.39. The van der Waals surface area contributed by atoms with E-state index in [1.807, 2.05) is 0 Å². The normalized spacial score (nSPS) is 14.2. The Kier molecular flexibility index (Phi) is 2.98. The maximum atomic E-state index is 11.8. The highest BCUT2D eigenvalue weighted by Gasteiger charge is 2.18. The monoisotopic (exact) mass is 239 g/mol. The molecule has 0 bridgehead atoms. The molecule has 16 heavy (non-hydrogen) atoms. The van der Waals surface area contributed by atoms with E-state index < -0.39 is 10.0 Å². The van der Waals surface area contributed by atoms with Crippen molar-refractivity contribution in [2.75, 3.05) is 13.2 Å². The van der Waals surface area contributed by atoms with Crippen LogP contribution in [0.25, 0.3) is 0 Å². The van der Waals surface area contributed by atoms with E-state index in [0.717, 1.165) is 17.7 Å². The first-order valence-corrected chi connectivity index (χ1v) is 6.48. The molecule has 0 saturated carbocycles. The van der Waals surface area contributed by atoms with Crippen molar-refractivity contribution < 1.29 is 13.2 Å². The van der Waals surface area contributed by atoms with Gasteiger partial charge >= 0.3 is 0 Å². The SMILES string of the molecule is C=CCNS(=O)(=O)c1ccc2c(c1)CCO2. The summed E-state index contributed by atoms with van der Waals surface area (Å²) in [5.41, 5.74) is 0.946. The molecule has 1 aromatic carbocycles. The minimum atomic E-state index is -3.42. The van der Waals surface area contributed by atoms with Crippen LogP contribution in [0.15, 0.2) is 35.7 Å². The van der Waals surface area contributed by atoms with Crippen LogP contribution >= 0.6 is 0 Å². The first kappa shape index (κ1) is 11.2. The van der Waals surface area contributed by atoms with Crippen molar-refractivity contribution in [1.29, 1.82) is 0 Å². The fourth-order valence-electron chi connectivity index (χ4n) is 1.58. The summed E-state index contributed by atoms with van der Waals surface area (Å²) >= 11 is 0. The molecule has 0 radical (unpaired) electrons. The Morgan fingerprint density at radius 3 is 3.06 bits per heavy atom. The van der Waals surface area contributed by atoms with Gasteiger partial charge in [0.1, 0.15) is 5.75 Å². The molecule has 0 saturated heterocycles. The molecule has 0 amide bonds. The summed E-state index contributed by atoms with van der Waals surface area (Å²) in [6.07, 6.45) is 2.27. The average Bonchev–Trinajstić information content (AvgIpc) is 2.73. The average molecular weight is 239 g/mol. The lowest BCUT2D eigenvalue weighted by molar-refractivity contribution is 0.356. The van der Waals surface area contributed by atoms with Crippen LogP contribution in [-0.4, -0.2) is 21.6 Å². The van der Waals surface area contributed by atoms with Gasteiger partial charge in [-0.05, 0) is 23.8 Å². The smallest absolute Gasteiger partial charge is 0.240 e. The molecule has 1 aromatic rings. The van der Waals surface area contributed by atoms with E-state index in [1.54, 1.807) is 18.2 Å². The number of sulfonamides is 1. The van der Waals surface area contributed by atoms with Crippen LogP contribution in [0, 0.1) is 0 Å². The molecule has 0 aromatic heterocycles. The molecular formula is C11H13NO3S. The quantitative estimate of drug-likeness (QED) is 0.800. The van der Waals surface area contributed by atoms with E-state index in [1.165, 1.54) is 6.08 Å². The van der Waals surface area contributed by atoms with Crippen molar-refractivity contribution >= 4 is 10.0 Å². The Labute approximate surface area is 95.0 Å². The topological polar surface area (TPSA) is 55.4 Å². The van der Waals surface area contributed by atoms with Crippen molar-refractivity contribution in [2.45, 2.75) is 11.3 Å². The van der Waals surface area contributed by atoms with Gasteiger partial charge in [-0.3, -0.25) is 0 Å². The van der Waals surface area contributed by atoms with Crippen LogP contribution in [0.3, 0.4) is 0 Å². The fraction of sp³-hybridized carbons (Fsp3) is 0.273. The predicted molar refractivity (Wildman–Crippen MR) is 61.0 cm³/mol. The molecule has 0 fully saturated rings. The van der Waals surface area contributed by atoms with Crippen LogP contribution in [0.1, 0.15) is 5.56 Å². The van der Waals surface area contributed by atoms with E-state index in [2.05, 4.69) is 11.3 Å². The first-order valence-electron chi connectivity index (χ1n) is 5.00. The number of rotatable bonds is 4. The predicted octanol–water partition coefficient (Wildman–Crippen LogP) is 1.09. The van der Waals surface area contributed by atoms with E-state index in [-0.39, 0.29) is 11.4 Å². The van der Waals surface area contributed by atoms with Crippen LogP contribution in [-0.2, 0) is 16.4 Å². The summed E-state index contributed by atoms with van der Waals surface area (Å²) < 4.78 is 31.3. The van der Waals surface area contributed by atoms with Gasteiger partial charge in [0.25, 0.3) is 0 Å². The Bertz CT molecular complexity index is 508. The zero-order valence-electron chi connectivity index (χ0n) is 8.77. The zero-order valence-corrected chi connectivity index (χ0v) is 9.59. The van der Waals surface area contributed by atoms with E-state index in [0.29, 0.717) is 6.61 Å². The van der Waals surface area contributed by atoms with Crippen molar-refractivity contribution in [3.63, 3.8) is 0 Å². The second-order valence-electron chi connectivity index (χ2n) is 3.51. The molecule has 1 aliphatic heterocycles. The molecule has 0 spiro atoms. The number of nitrogens with one attached hydrogen (secondary N) is 1. The molecule has 0 aliphatic carbocycles. The van der Waals surface area contributed by atoms with E-state index >= 15 is 0 Å². The number of hydrogen-bond donors (Lipinski definition) is 1. The summed E-state index contributed by atoms with van der Waals surface area (Å²) in [6.45, 7) is 4.32. The maximum Gasteiger partial charge on any atom is 0.240 e. The molecule has 2 rings (SSSR count). The molecule has 5 heteroatoms. The van der Waals surface area contributed by atoms with Gasteiger partial charge in [0.05, 0.1) is 11.5 Å². The minimum Gasteiger partial charge on any atom is -0.493 e. The Morgan fingerprint density at radius 2 is 2.31 bits per heavy atom. The zero-order chi connectivity index (χ0) is 11.6. The van der Waals surface area contributed by atoms with Crippen molar-refractivity contribution in [1.82, 2.24) is 4.72 Å². The first-order chi connectivity index (χ1) is 7.63. The van der Waals surface area contributed by atoms with Gasteiger partial charge < -0.3 is 4.74 Å². The van der Waals surface area contributed by atoms with Crippen LogP contribution in [0.5, 0.6) is 5.75 Å². The summed E-state index contributed by atoms with van der Waals surface area (Å²) in [7, 11) is -3.42. The molecule has 4 nitrogen and oxygen atoms in total. The molecule has 1 N–H and O–H groups in total. The van der Waals surface area contributed by atoms with E-state index in [4.69, 9.17) is 4.74 Å². The van der Waals surface area contributed by atoms with Crippen molar-refractivity contribution in [3.8, 4) is 5.75 Å². The third kappa shape index (κ3) is 2.10. The number of hydrogen-bond acceptors (Lipinski definition) is 3. The van der Waals surface area contributed by atoms with Crippen LogP contribution in [0.4, 0.5) is 0 Å². The lowest BCUT2D eigenvalue weighted by Crippen LogP contribution is -2.23. The fourth-order valence-corrected chi connectivity index (χ4v) is 2.63. The Balaban J connectivity index is 2.30. The number of benzene rings is 1. The van der Waals surface area contributed by atoms with Gasteiger partial charge in [-0.2, -0.15) is 0 Å². The van der Waals surface area contributed by atoms with Crippen molar-refractivity contribution in [2.24, 2.45) is 0 Å². The standard InChI is InChI=1S/C11H13NO3S/c1-2-6-12-16(13,14)10-3-4-11-9(8-10)5-7-15-11/h2-4,8,12H,1,5-7H2. The Morgan fingerprint density at radius 1 is 1.50 bits per heavy atom. The largest absolute Gasteiger partial charge is 0.493 e. The second kappa shape index (κ2) is 4.27. The molecular weight excluding hydrogens is 226 g/mol. The summed E-state index contributed by atoms with van der Waals surface area (Å²) in [4.78, 5) is 0.276. The lowest BCUT2D eigenvalue weighted by Gasteiger charge is -2.06. The van der Waals surface area contributed by atoms with E-state index in [9.17, 15) is 8.42 Å². The highest BCUT2D eigenvalue weighted by molar-refractivity contribution is 7.89. The molecule has 1 aliphatic rings. The second-order valence-corrected chi connectivity index (χ2v) is 5.28. The number of fused-ring (bicyclic) bond motifs is 1. The van der Waals surface area contributed by atoms with Gasteiger partial charge in [0, 0.05) is 13.0 Å². The highest BCUT2D eigenvalue weighted by Crippen LogP contribution is 2.27. The highest BCUT2D eigenvalue weighted by atomic mass is 32.2. The summed E-state index contributed by atoms with van der Waals surface area (Å²) in [5, 5.41) is 0. The molecule has 1 heterocycles. The summed E-state index contributed by atoms with van der Waals surface area (Å²) in [6, 6.07) is 4.91. The van der Waals surface area contributed by atoms with Gasteiger partial charge in [-0.25, -0.2) is 13.1 Å². The summed E-state index contributed by atoms with van der Waals surface area (Å²) in [5.74, 6) is 0.780. The Hall–Kier alpha value is -1.33. The van der Waals surface area contributed by atoms with Gasteiger partial charge in [-0.15, -0.1) is 6.58 Å². The minimum absolute atomic E-state index is 0.232.